The summed E-state index contributed by atoms with van der Waals surface area (Å²) in [5, 5.41) is 1.09. The summed E-state index contributed by atoms with van der Waals surface area (Å²) >= 11 is 6.19. The summed E-state index contributed by atoms with van der Waals surface area (Å²) in [7, 11) is 0. The van der Waals surface area contributed by atoms with E-state index < -0.39 is 0 Å². The molecule has 2 nitrogen and oxygen atoms in total. The molecule has 1 aromatic heterocycles. The van der Waals surface area contributed by atoms with E-state index in [1.54, 1.807) is 11.3 Å². The Morgan fingerprint density at radius 1 is 1.42 bits per heavy atom. The fourth-order valence-corrected chi connectivity index (χ4v) is 3.52. The minimum atomic E-state index is 0.683. The van der Waals surface area contributed by atoms with Crippen molar-refractivity contribution in [3.05, 3.63) is 34.8 Å². The molecule has 0 saturated heterocycles. The Morgan fingerprint density at radius 2 is 2.26 bits per heavy atom. The van der Waals surface area contributed by atoms with E-state index in [0.29, 0.717) is 12.5 Å². The number of aromatic nitrogens is 1. The van der Waals surface area contributed by atoms with E-state index in [1.807, 2.05) is 19.1 Å². The van der Waals surface area contributed by atoms with Crippen molar-refractivity contribution in [3.63, 3.8) is 0 Å². The molecule has 0 unspecified atom stereocenters. The minimum absolute atomic E-state index is 0.683. The third-order valence-corrected chi connectivity index (χ3v) is 4.88. The highest BCUT2D eigenvalue weighted by molar-refractivity contribution is 7.79. The number of ether oxygens (including phenoxy) is 1. The zero-order chi connectivity index (χ0) is 13.2. The predicted octanol–water partition coefficient (Wildman–Crippen LogP) is 4.52. The second-order valence-electron chi connectivity index (χ2n) is 4.72. The van der Waals surface area contributed by atoms with Gasteiger partial charge in [0.25, 0.3) is 0 Å². The number of nitrogens with zero attached hydrogens (tertiary/aromatic N) is 1. The molecule has 19 heavy (non-hydrogen) atoms. The molecule has 2 aromatic rings. The smallest absolute Gasteiger partial charge is 0.124 e. The van der Waals surface area contributed by atoms with Crippen LogP contribution in [0, 0.1) is 0 Å². The average Bonchev–Trinajstić information content (AvgIpc) is 3.18. The number of rotatable bonds is 5. The quantitative estimate of drug-likeness (QED) is 0.818. The lowest BCUT2D eigenvalue weighted by Crippen LogP contribution is -1.91. The van der Waals surface area contributed by atoms with Crippen molar-refractivity contribution in [3.8, 4) is 16.3 Å². The Labute approximate surface area is 123 Å². The Bertz CT molecular complexity index is 575. The van der Waals surface area contributed by atoms with E-state index >= 15 is 0 Å². The van der Waals surface area contributed by atoms with Crippen molar-refractivity contribution in [2.75, 3.05) is 6.61 Å². The molecule has 4 heteroatoms. The molecule has 0 amide bonds. The first-order valence-corrected chi connectivity index (χ1v) is 8.10. The Kier molecular flexibility index (Phi) is 3.80. The van der Waals surface area contributed by atoms with Gasteiger partial charge in [0.05, 0.1) is 12.3 Å². The van der Waals surface area contributed by atoms with Crippen LogP contribution in [0.3, 0.4) is 0 Å². The van der Waals surface area contributed by atoms with Gasteiger partial charge in [0.2, 0.25) is 0 Å². The number of hydrogen-bond acceptors (Lipinski definition) is 4. The largest absolute Gasteiger partial charge is 0.494 e. The van der Waals surface area contributed by atoms with Crippen LogP contribution in [0.1, 0.15) is 36.3 Å². The van der Waals surface area contributed by atoms with Crippen LogP contribution in [0.15, 0.2) is 24.3 Å². The van der Waals surface area contributed by atoms with E-state index in [4.69, 9.17) is 9.72 Å². The van der Waals surface area contributed by atoms with Crippen LogP contribution >= 0.6 is 24.0 Å². The summed E-state index contributed by atoms with van der Waals surface area (Å²) in [6.45, 7) is 2.69. The second kappa shape index (κ2) is 5.55. The number of thiol groups is 1. The summed E-state index contributed by atoms with van der Waals surface area (Å²) in [6, 6.07) is 8.18. The molecule has 0 radical (unpaired) electrons. The lowest BCUT2D eigenvalue weighted by Gasteiger charge is -2.03. The van der Waals surface area contributed by atoms with Gasteiger partial charge in [-0.2, -0.15) is 12.6 Å². The second-order valence-corrected chi connectivity index (χ2v) is 6.12. The summed E-state index contributed by atoms with van der Waals surface area (Å²) in [5.41, 5.74) is 2.42. The van der Waals surface area contributed by atoms with Crippen molar-refractivity contribution < 1.29 is 4.74 Å². The Morgan fingerprint density at radius 3 is 2.95 bits per heavy atom. The van der Waals surface area contributed by atoms with Crippen molar-refractivity contribution in [2.24, 2.45) is 0 Å². The molecular weight excluding hydrogens is 274 g/mol. The minimum Gasteiger partial charge on any atom is -0.494 e. The Hall–Kier alpha value is -1.000. The summed E-state index contributed by atoms with van der Waals surface area (Å²) in [4.78, 5) is 6.15. The fraction of sp³-hybridized carbons (Fsp3) is 0.400. The van der Waals surface area contributed by atoms with Crippen LogP contribution in [-0.4, -0.2) is 11.6 Å². The van der Waals surface area contributed by atoms with Crippen molar-refractivity contribution in [2.45, 2.75) is 31.4 Å². The van der Waals surface area contributed by atoms with Gasteiger partial charge in [-0.15, -0.1) is 11.3 Å². The zero-order valence-electron chi connectivity index (χ0n) is 10.9. The van der Waals surface area contributed by atoms with Crippen molar-refractivity contribution in [1.82, 2.24) is 4.98 Å². The van der Waals surface area contributed by atoms with Crippen LogP contribution in [0.4, 0.5) is 0 Å². The standard InChI is InChI=1S/C15H17NOS2/c1-2-17-12-5-3-4-11(8-12)15-16-14(10-6-7-10)13(9-18)19-15/h3-5,8,10,18H,2,6-7,9H2,1H3. The molecule has 1 aliphatic rings. The summed E-state index contributed by atoms with van der Waals surface area (Å²) in [6.07, 6.45) is 2.56. The molecule has 3 rings (SSSR count). The maximum atomic E-state index is 5.55. The van der Waals surface area contributed by atoms with E-state index in [9.17, 15) is 0 Å². The molecule has 0 bridgehead atoms. The maximum absolute atomic E-state index is 5.55. The lowest BCUT2D eigenvalue weighted by atomic mass is 10.2. The third kappa shape index (κ3) is 2.79. The van der Waals surface area contributed by atoms with Crippen LogP contribution in [-0.2, 0) is 5.75 Å². The molecule has 1 heterocycles. The highest BCUT2D eigenvalue weighted by Gasteiger charge is 2.29. The van der Waals surface area contributed by atoms with Gasteiger partial charge < -0.3 is 4.74 Å². The third-order valence-electron chi connectivity index (χ3n) is 3.23. The molecule has 0 N–H and O–H groups in total. The van der Waals surface area contributed by atoms with Gasteiger partial charge in [-0.05, 0) is 31.9 Å². The molecule has 0 spiro atoms. The fourth-order valence-electron chi connectivity index (χ4n) is 2.16. The predicted molar refractivity (Wildman–Crippen MR) is 83.4 cm³/mol. The lowest BCUT2D eigenvalue weighted by molar-refractivity contribution is 0.340. The van der Waals surface area contributed by atoms with E-state index in [1.165, 1.54) is 23.4 Å². The van der Waals surface area contributed by atoms with Gasteiger partial charge in [-0.25, -0.2) is 4.98 Å². The molecule has 0 aliphatic heterocycles. The van der Waals surface area contributed by atoms with E-state index in [2.05, 4.69) is 24.8 Å². The first-order valence-electron chi connectivity index (χ1n) is 6.65. The monoisotopic (exact) mass is 291 g/mol. The van der Waals surface area contributed by atoms with Crippen molar-refractivity contribution in [1.29, 1.82) is 0 Å². The van der Waals surface area contributed by atoms with Gasteiger partial charge in [0, 0.05) is 22.1 Å². The van der Waals surface area contributed by atoms with Crippen LogP contribution in [0.5, 0.6) is 5.75 Å². The highest BCUT2D eigenvalue weighted by atomic mass is 32.1. The first kappa shape index (κ1) is 13.0. The van der Waals surface area contributed by atoms with Gasteiger partial charge in [-0.1, -0.05) is 12.1 Å². The summed E-state index contributed by atoms with van der Waals surface area (Å²) in [5.74, 6) is 2.38. The number of thiazole rings is 1. The zero-order valence-corrected chi connectivity index (χ0v) is 12.6. The van der Waals surface area contributed by atoms with Crippen LogP contribution in [0.25, 0.3) is 10.6 Å². The SMILES string of the molecule is CCOc1cccc(-c2nc(C3CC3)c(CS)s2)c1. The van der Waals surface area contributed by atoms with E-state index in [0.717, 1.165) is 22.1 Å². The molecule has 0 atom stereocenters. The average molecular weight is 291 g/mol. The summed E-state index contributed by atoms with van der Waals surface area (Å²) < 4.78 is 5.55. The molecular formula is C15H17NOS2. The maximum Gasteiger partial charge on any atom is 0.124 e. The molecule has 1 fully saturated rings. The highest BCUT2D eigenvalue weighted by Crippen LogP contribution is 2.44. The van der Waals surface area contributed by atoms with Gasteiger partial charge in [0.1, 0.15) is 10.8 Å². The van der Waals surface area contributed by atoms with Gasteiger partial charge >= 0.3 is 0 Å². The van der Waals surface area contributed by atoms with Gasteiger partial charge in [0.15, 0.2) is 0 Å². The first-order chi connectivity index (χ1) is 9.31. The van der Waals surface area contributed by atoms with Crippen LogP contribution < -0.4 is 4.74 Å². The number of hydrogen-bond donors (Lipinski definition) is 1. The molecule has 1 aromatic carbocycles. The molecule has 100 valence electrons. The normalized spacial score (nSPS) is 14.6. The molecule has 1 saturated carbocycles. The molecule has 1 aliphatic carbocycles. The van der Waals surface area contributed by atoms with Gasteiger partial charge in [-0.3, -0.25) is 0 Å². The Balaban J connectivity index is 1.94. The topological polar surface area (TPSA) is 22.1 Å². The number of benzene rings is 1. The van der Waals surface area contributed by atoms with Crippen LogP contribution in [0.2, 0.25) is 0 Å². The van der Waals surface area contributed by atoms with Crippen molar-refractivity contribution >= 4 is 24.0 Å². The van der Waals surface area contributed by atoms with E-state index in [-0.39, 0.29) is 0 Å².